The number of carbonyl (C=O) groups excluding carboxylic acids is 2. The topological polar surface area (TPSA) is 96.0 Å². The molecule has 11 heteroatoms. The van der Waals surface area contributed by atoms with E-state index in [4.69, 9.17) is 16.3 Å². The Morgan fingerprint density at radius 2 is 1.91 bits per heavy atom. The Bertz CT molecular complexity index is 1150. The van der Waals surface area contributed by atoms with E-state index in [1.54, 1.807) is 6.92 Å². The Labute approximate surface area is 220 Å². The average molecular weight is 589 g/mol. The molecule has 0 bridgehead atoms. The van der Waals surface area contributed by atoms with Crippen LogP contribution in [0.2, 0.25) is 5.02 Å². The molecule has 2 aromatic carbocycles. The van der Waals surface area contributed by atoms with Crippen LogP contribution in [0.5, 0.6) is 5.75 Å². The van der Waals surface area contributed by atoms with Crippen LogP contribution in [0, 0.1) is 0 Å². The Morgan fingerprint density at radius 3 is 2.49 bits per heavy atom. The molecule has 2 aromatic rings. The van der Waals surface area contributed by atoms with Gasteiger partial charge in [-0.2, -0.15) is 0 Å². The van der Waals surface area contributed by atoms with Gasteiger partial charge < -0.3 is 15.0 Å². The lowest BCUT2D eigenvalue weighted by atomic mass is 10.1. The zero-order valence-electron chi connectivity index (χ0n) is 20.3. The number of benzene rings is 2. The van der Waals surface area contributed by atoms with Crippen LogP contribution in [0.3, 0.4) is 0 Å². The zero-order valence-corrected chi connectivity index (χ0v) is 23.4. The normalized spacial score (nSPS) is 12.1. The summed E-state index contributed by atoms with van der Waals surface area (Å²) in [4.78, 5) is 27.7. The maximum Gasteiger partial charge on any atom is 0.244 e. The Kier molecular flexibility index (Phi) is 10.9. The van der Waals surface area contributed by atoms with E-state index in [-0.39, 0.29) is 23.2 Å². The van der Waals surface area contributed by atoms with Crippen LogP contribution in [0.4, 0.5) is 5.69 Å². The molecule has 0 saturated carbocycles. The number of hydrogen-bond acceptors (Lipinski definition) is 5. The number of rotatable bonds is 12. The van der Waals surface area contributed by atoms with Gasteiger partial charge >= 0.3 is 0 Å². The first-order valence-corrected chi connectivity index (χ1v) is 14.1. The molecule has 0 saturated heterocycles. The number of anilines is 1. The van der Waals surface area contributed by atoms with Crippen molar-refractivity contribution in [2.45, 2.75) is 39.3 Å². The highest BCUT2D eigenvalue weighted by Gasteiger charge is 2.30. The van der Waals surface area contributed by atoms with Gasteiger partial charge in [-0.1, -0.05) is 53.0 Å². The van der Waals surface area contributed by atoms with Crippen molar-refractivity contribution >= 4 is 55.1 Å². The summed E-state index contributed by atoms with van der Waals surface area (Å²) in [6.45, 7) is 3.78. The first-order valence-electron chi connectivity index (χ1n) is 11.1. The second kappa shape index (κ2) is 13.1. The number of amides is 2. The summed E-state index contributed by atoms with van der Waals surface area (Å²) in [5.41, 5.74) is 1.01. The molecule has 0 heterocycles. The number of ether oxygens (including phenoxy) is 1. The minimum atomic E-state index is -3.85. The summed E-state index contributed by atoms with van der Waals surface area (Å²) in [5, 5.41) is 3.05. The van der Waals surface area contributed by atoms with E-state index in [1.165, 1.54) is 30.2 Å². The van der Waals surface area contributed by atoms with Gasteiger partial charge in [-0.05, 0) is 49.2 Å². The van der Waals surface area contributed by atoms with Gasteiger partial charge in [0, 0.05) is 17.6 Å². The summed E-state index contributed by atoms with van der Waals surface area (Å²) in [7, 11) is -2.40. The van der Waals surface area contributed by atoms with E-state index in [1.807, 2.05) is 31.2 Å². The molecule has 0 fully saturated rings. The minimum absolute atomic E-state index is 0.127. The molecule has 8 nitrogen and oxygen atoms in total. The molecule has 0 aromatic heterocycles. The van der Waals surface area contributed by atoms with Crippen molar-refractivity contribution in [2.24, 2.45) is 0 Å². The molecule has 0 radical (unpaired) electrons. The lowest BCUT2D eigenvalue weighted by Crippen LogP contribution is -2.51. The van der Waals surface area contributed by atoms with Crippen LogP contribution >= 0.6 is 27.5 Å². The zero-order chi connectivity index (χ0) is 26.2. The molecule has 1 atom stereocenters. The smallest absolute Gasteiger partial charge is 0.244 e. The van der Waals surface area contributed by atoms with Gasteiger partial charge in [0.2, 0.25) is 21.8 Å². The number of methoxy groups -OCH3 is 1. The van der Waals surface area contributed by atoms with Crippen molar-refractivity contribution in [1.29, 1.82) is 0 Å². The van der Waals surface area contributed by atoms with Gasteiger partial charge in [-0.25, -0.2) is 8.42 Å². The van der Waals surface area contributed by atoms with E-state index >= 15 is 0 Å². The summed E-state index contributed by atoms with van der Waals surface area (Å²) in [5.74, 6) is -0.454. The molecule has 192 valence electrons. The maximum atomic E-state index is 13.5. The van der Waals surface area contributed by atoms with Gasteiger partial charge in [-0.3, -0.25) is 13.9 Å². The fraction of sp³-hybridized carbons (Fsp3) is 0.417. The van der Waals surface area contributed by atoms with Crippen molar-refractivity contribution in [2.75, 3.05) is 30.8 Å². The highest BCUT2D eigenvalue weighted by Crippen LogP contribution is 2.30. The molecule has 2 rings (SSSR count). The lowest BCUT2D eigenvalue weighted by Gasteiger charge is -2.31. The van der Waals surface area contributed by atoms with Gasteiger partial charge in [0.15, 0.2) is 0 Å². The number of halogens is 2. The Morgan fingerprint density at radius 1 is 1.20 bits per heavy atom. The number of carbonyl (C=O) groups is 2. The number of nitrogens with one attached hydrogen (secondary N) is 1. The number of nitrogens with zero attached hydrogens (tertiary/aromatic N) is 2. The van der Waals surface area contributed by atoms with Crippen LogP contribution in [0.25, 0.3) is 0 Å². The molecule has 0 unspecified atom stereocenters. The second-order valence-electron chi connectivity index (χ2n) is 8.06. The van der Waals surface area contributed by atoms with Gasteiger partial charge in [0.1, 0.15) is 18.3 Å². The van der Waals surface area contributed by atoms with Crippen LogP contribution in [0.1, 0.15) is 32.3 Å². The van der Waals surface area contributed by atoms with Crippen molar-refractivity contribution in [3.05, 3.63) is 57.5 Å². The fourth-order valence-electron chi connectivity index (χ4n) is 3.37. The van der Waals surface area contributed by atoms with Crippen molar-refractivity contribution in [3.8, 4) is 5.75 Å². The third-order valence-electron chi connectivity index (χ3n) is 5.34. The molecule has 0 aliphatic carbocycles. The van der Waals surface area contributed by atoms with E-state index in [2.05, 4.69) is 21.2 Å². The highest BCUT2D eigenvalue weighted by atomic mass is 79.9. The molecular formula is C24H31BrClN3O5S. The first-order chi connectivity index (χ1) is 16.5. The molecular weight excluding hydrogens is 558 g/mol. The van der Waals surface area contributed by atoms with E-state index in [0.717, 1.165) is 33.4 Å². The van der Waals surface area contributed by atoms with Crippen LogP contribution in [0.15, 0.2) is 46.9 Å². The molecule has 0 spiro atoms. The second-order valence-corrected chi connectivity index (χ2v) is 11.3. The highest BCUT2D eigenvalue weighted by molar-refractivity contribution is 9.10. The SMILES string of the molecule is CCCCNC(=O)[C@H](C)N(Cc1cccc(Br)c1)C(=O)CN(c1ccc(OC)c(Cl)c1)S(C)(=O)=O. The van der Waals surface area contributed by atoms with Crippen LogP contribution in [-0.4, -0.2) is 57.6 Å². The largest absolute Gasteiger partial charge is 0.495 e. The predicted octanol–water partition coefficient (Wildman–Crippen LogP) is 4.21. The van der Waals surface area contributed by atoms with Gasteiger partial charge in [0.25, 0.3) is 0 Å². The summed E-state index contributed by atoms with van der Waals surface area (Å²) >= 11 is 9.62. The van der Waals surface area contributed by atoms with Crippen LogP contribution in [-0.2, 0) is 26.2 Å². The Hall–Kier alpha value is -2.30. The quantitative estimate of drug-likeness (QED) is 0.375. The molecule has 0 aliphatic rings. The number of sulfonamides is 1. The average Bonchev–Trinajstić information content (AvgIpc) is 2.79. The fourth-order valence-corrected chi connectivity index (χ4v) is 4.91. The van der Waals surface area contributed by atoms with E-state index < -0.39 is 28.5 Å². The van der Waals surface area contributed by atoms with Crippen molar-refractivity contribution in [3.63, 3.8) is 0 Å². The molecule has 1 N–H and O–H groups in total. The van der Waals surface area contributed by atoms with Crippen LogP contribution < -0.4 is 14.4 Å². The Balaban J connectivity index is 2.38. The predicted molar refractivity (Wildman–Crippen MR) is 142 cm³/mol. The summed E-state index contributed by atoms with van der Waals surface area (Å²) in [6.07, 6.45) is 2.75. The molecule has 0 aliphatic heterocycles. The number of unbranched alkanes of at least 4 members (excludes halogenated alkanes) is 1. The van der Waals surface area contributed by atoms with E-state index in [9.17, 15) is 18.0 Å². The standard InChI is InChI=1S/C24H31BrClN3O5S/c1-5-6-12-27-24(31)17(2)28(15-18-8-7-9-19(25)13-18)23(30)16-29(35(4,32)33)20-10-11-22(34-3)21(26)14-20/h7-11,13-14,17H,5-6,12,15-16H2,1-4H3,(H,27,31)/t17-/m0/s1. The molecule has 2 amide bonds. The monoisotopic (exact) mass is 587 g/mol. The molecule has 35 heavy (non-hydrogen) atoms. The maximum absolute atomic E-state index is 13.5. The van der Waals surface area contributed by atoms with Crippen molar-refractivity contribution < 1.29 is 22.7 Å². The van der Waals surface area contributed by atoms with E-state index in [0.29, 0.717) is 12.3 Å². The van der Waals surface area contributed by atoms with Crippen molar-refractivity contribution in [1.82, 2.24) is 10.2 Å². The lowest BCUT2D eigenvalue weighted by molar-refractivity contribution is -0.139. The number of hydrogen-bond donors (Lipinski definition) is 1. The first kappa shape index (κ1) is 28.9. The third kappa shape index (κ3) is 8.40. The summed E-state index contributed by atoms with van der Waals surface area (Å²) in [6, 6.07) is 11.0. The third-order valence-corrected chi connectivity index (χ3v) is 7.27. The summed E-state index contributed by atoms with van der Waals surface area (Å²) < 4.78 is 32.2. The van der Waals surface area contributed by atoms with Gasteiger partial charge in [0.05, 0.1) is 24.1 Å². The van der Waals surface area contributed by atoms with Gasteiger partial charge in [-0.15, -0.1) is 0 Å². The minimum Gasteiger partial charge on any atom is -0.495 e.